The van der Waals surface area contributed by atoms with Crippen LogP contribution >= 0.6 is 24.0 Å². The molecule has 0 aliphatic heterocycles. The summed E-state index contributed by atoms with van der Waals surface area (Å²) in [6.07, 6.45) is 0.206. The lowest BCUT2D eigenvalue weighted by Crippen LogP contribution is -2.38. The zero-order valence-corrected chi connectivity index (χ0v) is 15.8. The van der Waals surface area contributed by atoms with Gasteiger partial charge in [0.15, 0.2) is 0 Å². The molecule has 136 valence electrons. The summed E-state index contributed by atoms with van der Waals surface area (Å²) in [5, 5.41) is 3.25. The highest BCUT2D eigenvalue weighted by Gasteiger charge is 2.24. The number of benzene rings is 2. The van der Waals surface area contributed by atoms with Gasteiger partial charge < -0.3 is 11.1 Å². The van der Waals surface area contributed by atoms with E-state index in [1.54, 1.807) is 6.07 Å². The van der Waals surface area contributed by atoms with Gasteiger partial charge in [-0.1, -0.05) is 61.8 Å². The van der Waals surface area contributed by atoms with Crippen molar-refractivity contribution in [2.75, 3.05) is 6.54 Å². The highest BCUT2D eigenvalue weighted by atomic mass is 35.5. The summed E-state index contributed by atoms with van der Waals surface area (Å²) < 4.78 is 13.2. The minimum Gasteiger partial charge on any atom is -0.355 e. The Balaban J connectivity index is 0.00000312. The Bertz CT molecular complexity index is 708. The average Bonchev–Trinajstić information content (AvgIpc) is 2.53. The summed E-state index contributed by atoms with van der Waals surface area (Å²) in [4.78, 5) is 12.2. The second kappa shape index (κ2) is 9.18. The molecule has 0 aromatic heterocycles. The highest BCUT2D eigenvalue weighted by molar-refractivity contribution is 6.31. The van der Waals surface area contributed by atoms with E-state index in [-0.39, 0.29) is 36.6 Å². The fraction of sp³-hybridized carbons (Fsp3) is 0.316. The molecule has 0 bridgehead atoms. The second-order valence-corrected chi connectivity index (χ2v) is 6.91. The zero-order chi connectivity index (χ0) is 17.7. The van der Waals surface area contributed by atoms with Crippen LogP contribution in [0.2, 0.25) is 5.02 Å². The molecule has 3 nitrogen and oxygen atoms in total. The van der Waals surface area contributed by atoms with Gasteiger partial charge in [0.05, 0.1) is 0 Å². The maximum atomic E-state index is 13.2. The van der Waals surface area contributed by atoms with Gasteiger partial charge in [0, 0.05) is 29.4 Å². The smallest absolute Gasteiger partial charge is 0.221 e. The van der Waals surface area contributed by atoms with Crippen molar-refractivity contribution in [3.05, 3.63) is 70.5 Å². The monoisotopic (exact) mass is 384 g/mol. The molecule has 0 heterocycles. The Labute approximate surface area is 159 Å². The van der Waals surface area contributed by atoms with Crippen molar-refractivity contribution in [1.29, 1.82) is 0 Å². The van der Waals surface area contributed by atoms with Crippen LogP contribution in [-0.4, -0.2) is 12.5 Å². The van der Waals surface area contributed by atoms with E-state index in [4.69, 9.17) is 17.3 Å². The summed E-state index contributed by atoms with van der Waals surface area (Å²) in [6.45, 7) is 4.28. The molecule has 0 fully saturated rings. The molecule has 0 spiro atoms. The van der Waals surface area contributed by atoms with E-state index in [2.05, 4.69) is 5.32 Å². The molecule has 0 aliphatic carbocycles. The van der Waals surface area contributed by atoms with Crippen LogP contribution in [0.4, 0.5) is 4.39 Å². The lowest BCUT2D eigenvalue weighted by atomic mass is 9.84. The molecule has 1 unspecified atom stereocenters. The van der Waals surface area contributed by atoms with Crippen molar-refractivity contribution >= 4 is 29.9 Å². The summed E-state index contributed by atoms with van der Waals surface area (Å²) in [5.74, 6) is -0.505. The van der Waals surface area contributed by atoms with Gasteiger partial charge in [-0.3, -0.25) is 4.79 Å². The average molecular weight is 385 g/mol. The summed E-state index contributed by atoms with van der Waals surface area (Å²) in [7, 11) is 0. The SMILES string of the molecule is CC(C)(CNC(=O)CC(N)c1ccccc1)c1ccc(F)cc1Cl.Cl. The van der Waals surface area contributed by atoms with Gasteiger partial charge in [0.2, 0.25) is 5.91 Å². The van der Waals surface area contributed by atoms with E-state index in [0.29, 0.717) is 11.6 Å². The first-order chi connectivity index (χ1) is 11.3. The van der Waals surface area contributed by atoms with E-state index in [0.717, 1.165) is 11.1 Å². The topological polar surface area (TPSA) is 55.1 Å². The number of rotatable bonds is 6. The number of nitrogens with one attached hydrogen (secondary N) is 1. The predicted molar refractivity (Wildman–Crippen MR) is 103 cm³/mol. The van der Waals surface area contributed by atoms with Crippen molar-refractivity contribution in [3.8, 4) is 0 Å². The molecule has 0 saturated carbocycles. The van der Waals surface area contributed by atoms with Crippen LogP contribution in [0.5, 0.6) is 0 Å². The van der Waals surface area contributed by atoms with Crippen LogP contribution in [0.1, 0.15) is 37.4 Å². The fourth-order valence-electron chi connectivity index (χ4n) is 2.54. The van der Waals surface area contributed by atoms with Crippen LogP contribution in [-0.2, 0) is 10.2 Å². The zero-order valence-electron chi connectivity index (χ0n) is 14.3. The Morgan fingerprint density at radius 3 is 2.48 bits per heavy atom. The summed E-state index contributed by atoms with van der Waals surface area (Å²) >= 11 is 6.12. The van der Waals surface area contributed by atoms with Gasteiger partial charge in [-0.25, -0.2) is 4.39 Å². The molecular formula is C19H23Cl2FN2O. The Morgan fingerprint density at radius 1 is 1.24 bits per heavy atom. The van der Waals surface area contributed by atoms with Crippen molar-refractivity contribution in [3.63, 3.8) is 0 Å². The predicted octanol–water partition coefficient (Wildman–Crippen LogP) is 4.38. The number of carbonyl (C=O) groups excluding carboxylic acids is 1. The quantitative estimate of drug-likeness (QED) is 0.775. The summed E-state index contributed by atoms with van der Waals surface area (Å²) in [6, 6.07) is 13.5. The van der Waals surface area contributed by atoms with Crippen LogP contribution in [0.15, 0.2) is 48.5 Å². The molecular weight excluding hydrogens is 362 g/mol. The lowest BCUT2D eigenvalue weighted by Gasteiger charge is -2.27. The number of halogens is 3. The maximum absolute atomic E-state index is 13.2. The standard InChI is InChI=1S/C19H22ClFN2O.ClH/c1-19(2,15-9-8-14(21)10-16(15)20)12-23-18(24)11-17(22)13-6-4-3-5-7-13;/h3-10,17H,11-12,22H2,1-2H3,(H,23,24);1H. The molecule has 2 aromatic rings. The minimum atomic E-state index is -0.419. The second-order valence-electron chi connectivity index (χ2n) is 6.51. The van der Waals surface area contributed by atoms with Crippen molar-refractivity contribution in [2.24, 2.45) is 5.73 Å². The molecule has 2 aromatic carbocycles. The first-order valence-corrected chi connectivity index (χ1v) is 8.20. The summed E-state index contributed by atoms with van der Waals surface area (Å²) in [5.41, 5.74) is 7.36. The number of hydrogen-bond acceptors (Lipinski definition) is 2. The number of carbonyl (C=O) groups is 1. The van der Waals surface area contributed by atoms with Gasteiger partial charge >= 0.3 is 0 Å². The first-order valence-electron chi connectivity index (χ1n) is 7.82. The molecule has 6 heteroatoms. The molecule has 0 radical (unpaired) electrons. The third-order valence-corrected chi connectivity index (χ3v) is 4.33. The Morgan fingerprint density at radius 2 is 1.88 bits per heavy atom. The van der Waals surface area contributed by atoms with Gasteiger partial charge in [-0.2, -0.15) is 0 Å². The van der Waals surface area contributed by atoms with Crippen molar-refractivity contribution < 1.29 is 9.18 Å². The van der Waals surface area contributed by atoms with Crippen molar-refractivity contribution in [2.45, 2.75) is 31.7 Å². The molecule has 1 amide bonds. The number of amides is 1. The first kappa shape index (κ1) is 21.4. The Hall–Kier alpha value is -1.62. The van der Waals surface area contributed by atoms with Gasteiger partial charge in [-0.05, 0) is 23.3 Å². The third kappa shape index (κ3) is 5.99. The minimum absolute atomic E-state index is 0. The lowest BCUT2D eigenvalue weighted by molar-refractivity contribution is -0.121. The largest absolute Gasteiger partial charge is 0.355 e. The van der Waals surface area contributed by atoms with Gasteiger partial charge in [-0.15, -0.1) is 12.4 Å². The van der Waals surface area contributed by atoms with E-state index >= 15 is 0 Å². The van der Waals surface area contributed by atoms with E-state index in [1.807, 2.05) is 44.2 Å². The molecule has 0 aliphatic rings. The van der Waals surface area contributed by atoms with Crippen LogP contribution < -0.4 is 11.1 Å². The molecule has 2 rings (SSSR count). The third-order valence-electron chi connectivity index (χ3n) is 4.02. The van der Waals surface area contributed by atoms with Gasteiger partial charge in [0.25, 0.3) is 0 Å². The van der Waals surface area contributed by atoms with E-state index in [1.165, 1.54) is 12.1 Å². The van der Waals surface area contributed by atoms with Gasteiger partial charge in [0.1, 0.15) is 5.82 Å². The molecule has 0 saturated heterocycles. The molecule has 25 heavy (non-hydrogen) atoms. The fourth-order valence-corrected chi connectivity index (χ4v) is 2.97. The maximum Gasteiger partial charge on any atom is 0.221 e. The van der Waals surface area contributed by atoms with Crippen LogP contribution in [0.25, 0.3) is 0 Å². The normalized spacial score (nSPS) is 12.2. The van der Waals surface area contributed by atoms with Crippen LogP contribution in [0, 0.1) is 5.82 Å². The Kier molecular flexibility index (Phi) is 7.87. The van der Waals surface area contributed by atoms with Crippen molar-refractivity contribution in [1.82, 2.24) is 5.32 Å². The number of nitrogens with two attached hydrogens (primary N) is 1. The molecule has 3 N–H and O–H groups in total. The number of hydrogen-bond donors (Lipinski definition) is 2. The van der Waals surface area contributed by atoms with E-state index < -0.39 is 5.41 Å². The van der Waals surface area contributed by atoms with Crippen LogP contribution in [0.3, 0.4) is 0 Å². The molecule has 1 atom stereocenters. The van der Waals surface area contributed by atoms with E-state index in [9.17, 15) is 9.18 Å². The highest BCUT2D eigenvalue weighted by Crippen LogP contribution is 2.30.